The first-order valence-corrected chi connectivity index (χ1v) is 9.78. The predicted octanol–water partition coefficient (Wildman–Crippen LogP) is 3.75. The van der Waals surface area contributed by atoms with Crippen molar-refractivity contribution >= 4 is 17.4 Å². The second-order valence-electron chi connectivity index (χ2n) is 7.55. The van der Waals surface area contributed by atoms with Gasteiger partial charge in [-0.1, -0.05) is 18.2 Å². The summed E-state index contributed by atoms with van der Waals surface area (Å²) >= 11 is 1.74. The number of carbonyl (C=O) groups excluding carboxylic acids is 1. The van der Waals surface area contributed by atoms with Crippen LogP contribution in [0.25, 0.3) is 11.1 Å². The van der Waals surface area contributed by atoms with Crippen molar-refractivity contribution in [2.24, 2.45) is 0 Å². The van der Waals surface area contributed by atoms with E-state index in [-0.39, 0.29) is 18.2 Å². The molecule has 1 aromatic carbocycles. The Morgan fingerprint density at radius 1 is 1.28 bits per heavy atom. The molecule has 25 heavy (non-hydrogen) atoms. The minimum Gasteiger partial charge on any atom is -0.447 e. The fourth-order valence-corrected chi connectivity index (χ4v) is 5.75. The Morgan fingerprint density at radius 2 is 2.20 bits per heavy atom. The molecule has 1 amide bonds. The number of amides is 1. The van der Waals surface area contributed by atoms with Gasteiger partial charge in [0.25, 0.3) is 0 Å². The fraction of sp³-hybridized carbons (Fsp3) is 0.450. The van der Waals surface area contributed by atoms with Crippen molar-refractivity contribution in [1.29, 1.82) is 0 Å². The van der Waals surface area contributed by atoms with Gasteiger partial charge < -0.3 is 15.2 Å². The van der Waals surface area contributed by atoms with E-state index >= 15 is 0 Å². The van der Waals surface area contributed by atoms with E-state index in [2.05, 4.69) is 29.6 Å². The molecule has 1 saturated carbocycles. The molecular formula is C20H21NO3S. The average molecular weight is 355 g/mol. The summed E-state index contributed by atoms with van der Waals surface area (Å²) in [5, 5.41) is 12.4. The average Bonchev–Trinajstić information content (AvgIpc) is 3.33. The molecular weight excluding hydrogens is 334 g/mol. The van der Waals surface area contributed by atoms with E-state index in [0.717, 1.165) is 37.0 Å². The van der Waals surface area contributed by atoms with Crippen LogP contribution in [-0.2, 0) is 24.2 Å². The highest BCUT2D eigenvalue weighted by Crippen LogP contribution is 2.45. The van der Waals surface area contributed by atoms with Gasteiger partial charge in [0.1, 0.15) is 6.61 Å². The molecule has 1 saturated heterocycles. The van der Waals surface area contributed by atoms with Crippen LogP contribution in [0, 0.1) is 0 Å². The molecule has 1 aliphatic heterocycles. The molecule has 3 aliphatic rings. The van der Waals surface area contributed by atoms with Crippen molar-refractivity contribution in [3.8, 4) is 11.1 Å². The summed E-state index contributed by atoms with van der Waals surface area (Å²) in [6.07, 6.45) is 4.93. The molecule has 2 aliphatic carbocycles. The number of ether oxygens (including phenoxy) is 1. The van der Waals surface area contributed by atoms with Gasteiger partial charge in [-0.25, -0.2) is 4.79 Å². The monoisotopic (exact) mass is 355 g/mol. The summed E-state index contributed by atoms with van der Waals surface area (Å²) in [6.45, 7) is 0.637. The number of fused-ring (bicyclic) bond motifs is 3. The number of cyclic esters (lactones) is 1. The number of aliphatic hydroxyl groups is 1. The number of rotatable bonds is 2. The fourth-order valence-electron chi connectivity index (χ4n) is 4.71. The van der Waals surface area contributed by atoms with Crippen molar-refractivity contribution in [2.75, 3.05) is 6.61 Å². The molecule has 5 rings (SSSR count). The molecule has 1 aromatic heterocycles. The maximum atomic E-state index is 11.4. The summed E-state index contributed by atoms with van der Waals surface area (Å²) in [4.78, 5) is 13.9. The highest BCUT2D eigenvalue weighted by atomic mass is 32.1. The van der Waals surface area contributed by atoms with Crippen LogP contribution in [0.4, 0.5) is 4.79 Å². The summed E-state index contributed by atoms with van der Waals surface area (Å²) < 4.78 is 5.15. The van der Waals surface area contributed by atoms with Crippen LogP contribution in [0.2, 0.25) is 0 Å². The first-order valence-electron chi connectivity index (χ1n) is 8.96. The maximum Gasteiger partial charge on any atom is 0.407 e. The van der Waals surface area contributed by atoms with Gasteiger partial charge >= 0.3 is 6.09 Å². The lowest BCUT2D eigenvalue weighted by Gasteiger charge is -2.22. The van der Waals surface area contributed by atoms with Crippen molar-refractivity contribution in [3.05, 3.63) is 45.1 Å². The standard InChI is InChI=1S/C20H21NO3S/c22-10-15-8-17-16-3-1-12(7-13(16)2-4-18(17)25-15)14-5-6-20(9-14)11-24-19(23)21-20/h1,3,7-8,14,22H,2,4-6,9-11H2,(H,21,23)/t14-,20+/m0/s1. The molecule has 2 fully saturated rings. The zero-order chi connectivity index (χ0) is 17.0. The number of aliphatic hydroxyl groups excluding tert-OH is 1. The van der Waals surface area contributed by atoms with E-state index in [4.69, 9.17) is 4.74 Å². The Bertz CT molecular complexity index is 859. The number of hydrogen-bond acceptors (Lipinski definition) is 4. The first-order chi connectivity index (χ1) is 12.2. The second kappa shape index (κ2) is 5.58. The topological polar surface area (TPSA) is 58.6 Å². The van der Waals surface area contributed by atoms with Crippen molar-refractivity contribution in [2.45, 2.75) is 50.2 Å². The SMILES string of the molecule is O=C1N[C@@]2(CC[C@H](c3ccc4c(c3)CCc3sc(CO)cc3-4)C2)CO1. The quantitative estimate of drug-likeness (QED) is 0.862. The molecule has 0 unspecified atom stereocenters. The Labute approximate surface area is 150 Å². The number of alkyl carbamates (subject to hydrolysis) is 1. The van der Waals surface area contributed by atoms with Gasteiger partial charge in [-0.2, -0.15) is 0 Å². The van der Waals surface area contributed by atoms with Gasteiger partial charge in [0.05, 0.1) is 12.1 Å². The van der Waals surface area contributed by atoms with Crippen molar-refractivity contribution in [1.82, 2.24) is 5.32 Å². The third-order valence-electron chi connectivity index (χ3n) is 5.98. The Kier molecular flexibility index (Phi) is 3.44. The van der Waals surface area contributed by atoms with Crippen LogP contribution >= 0.6 is 11.3 Å². The molecule has 4 nitrogen and oxygen atoms in total. The second-order valence-corrected chi connectivity index (χ2v) is 8.77. The van der Waals surface area contributed by atoms with E-state index in [9.17, 15) is 9.90 Å². The van der Waals surface area contributed by atoms with Crippen LogP contribution in [0.15, 0.2) is 24.3 Å². The van der Waals surface area contributed by atoms with Gasteiger partial charge in [0, 0.05) is 9.75 Å². The number of hydrogen-bond donors (Lipinski definition) is 2. The lowest BCUT2D eigenvalue weighted by Crippen LogP contribution is -2.40. The highest BCUT2D eigenvalue weighted by molar-refractivity contribution is 7.12. The summed E-state index contributed by atoms with van der Waals surface area (Å²) in [7, 11) is 0. The predicted molar refractivity (Wildman–Crippen MR) is 96.9 cm³/mol. The largest absolute Gasteiger partial charge is 0.447 e. The zero-order valence-electron chi connectivity index (χ0n) is 14.0. The molecule has 2 N–H and O–H groups in total. The van der Waals surface area contributed by atoms with E-state index in [1.54, 1.807) is 11.3 Å². The number of thiophene rings is 1. The third kappa shape index (κ3) is 2.49. The number of aryl methyl sites for hydroxylation is 2. The maximum absolute atomic E-state index is 11.4. The minimum absolute atomic E-state index is 0.128. The Hall–Kier alpha value is -1.85. The summed E-state index contributed by atoms with van der Waals surface area (Å²) in [5.74, 6) is 0.490. The van der Waals surface area contributed by atoms with Gasteiger partial charge in [0.2, 0.25) is 0 Å². The lowest BCUT2D eigenvalue weighted by atomic mass is 9.85. The minimum atomic E-state index is -0.268. The summed E-state index contributed by atoms with van der Waals surface area (Å²) in [6, 6.07) is 9.03. The third-order valence-corrected chi connectivity index (χ3v) is 7.16. The van der Waals surface area contributed by atoms with E-state index in [1.165, 1.54) is 27.1 Å². The van der Waals surface area contributed by atoms with Crippen LogP contribution in [0.1, 0.15) is 46.1 Å². The molecule has 1 spiro atoms. The zero-order valence-corrected chi connectivity index (χ0v) is 14.8. The van der Waals surface area contributed by atoms with E-state index < -0.39 is 0 Å². The molecule has 2 atom stereocenters. The highest BCUT2D eigenvalue weighted by Gasteiger charge is 2.46. The molecule has 130 valence electrons. The molecule has 0 bridgehead atoms. The smallest absolute Gasteiger partial charge is 0.407 e. The lowest BCUT2D eigenvalue weighted by molar-refractivity contribution is 0.172. The molecule has 2 aromatic rings. The van der Waals surface area contributed by atoms with Gasteiger partial charge in [-0.3, -0.25) is 0 Å². The van der Waals surface area contributed by atoms with Crippen LogP contribution in [0.5, 0.6) is 0 Å². The normalized spacial score (nSPS) is 27.1. The van der Waals surface area contributed by atoms with Crippen LogP contribution < -0.4 is 5.32 Å². The molecule has 5 heteroatoms. The summed E-state index contributed by atoms with van der Waals surface area (Å²) in [5.41, 5.74) is 5.29. The first kappa shape index (κ1) is 15.4. The van der Waals surface area contributed by atoms with Crippen LogP contribution in [-0.4, -0.2) is 23.3 Å². The molecule has 2 heterocycles. The number of benzene rings is 1. The van der Waals surface area contributed by atoms with Gasteiger partial charge in [-0.15, -0.1) is 11.3 Å². The number of nitrogens with one attached hydrogen (secondary N) is 1. The molecule has 0 radical (unpaired) electrons. The van der Waals surface area contributed by atoms with Crippen molar-refractivity contribution < 1.29 is 14.6 Å². The number of carbonyl (C=O) groups is 1. The van der Waals surface area contributed by atoms with Crippen molar-refractivity contribution in [3.63, 3.8) is 0 Å². The van der Waals surface area contributed by atoms with Gasteiger partial charge in [-0.05, 0) is 66.3 Å². The van der Waals surface area contributed by atoms with E-state index in [0.29, 0.717) is 12.5 Å². The van der Waals surface area contributed by atoms with E-state index in [1.807, 2.05) is 0 Å². The Balaban J connectivity index is 1.43. The van der Waals surface area contributed by atoms with Crippen LogP contribution in [0.3, 0.4) is 0 Å². The Morgan fingerprint density at radius 3 is 3.00 bits per heavy atom. The van der Waals surface area contributed by atoms with Gasteiger partial charge in [0.15, 0.2) is 0 Å².